The number of fused-ring (bicyclic) bond motifs is 2. The second-order valence-corrected chi connectivity index (χ2v) is 6.14. The predicted molar refractivity (Wildman–Crippen MR) is 53.7 cm³/mol. The van der Waals surface area contributed by atoms with Crippen LogP contribution in [0.1, 0.15) is 19.8 Å². The molecule has 0 aromatic carbocycles. The largest absolute Gasteiger partial charge is 0.303 e. The second-order valence-electron chi connectivity index (χ2n) is 4.50. The van der Waals surface area contributed by atoms with Crippen molar-refractivity contribution in [2.75, 3.05) is 19.6 Å². The van der Waals surface area contributed by atoms with Gasteiger partial charge in [0, 0.05) is 13.1 Å². The fraction of sp³-hybridized carbons (Fsp3) is 1.00. The van der Waals surface area contributed by atoms with Crippen LogP contribution in [0.15, 0.2) is 0 Å². The van der Waals surface area contributed by atoms with Crippen LogP contribution in [0.5, 0.6) is 0 Å². The second kappa shape index (κ2) is 3.47. The van der Waals surface area contributed by atoms with E-state index in [0.717, 1.165) is 26.1 Å². The molecule has 0 radical (unpaired) electrons. The van der Waals surface area contributed by atoms with Crippen LogP contribution in [0.25, 0.3) is 0 Å². The van der Waals surface area contributed by atoms with Crippen LogP contribution in [-0.2, 0) is 10.1 Å². The van der Waals surface area contributed by atoms with Gasteiger partial charge in [-0.3, -0.25) is 4.55 Å². The number of hydrogen-bond acceptors (Lipinski definition) is 3. The van der Waals surface area contributed by atoms with Crippen LogP contribution in [-0.4, -0.2) is 42.8 Å². The van der Waals surface area contributed by atoms with Crippen molar-refractivity contribution in [3.8, 4) is 0 Å². The van der Waals surface area contributed by atoms with E-state index >= 15 is 0 Å². The van der Waals surface area contributed by atoms with Crippen molar-refractivity contribution in [1.82, 2.24) is 4.90 Å². The quantitative estimate of drug-likeness (QED) is 0.691. The van der Waals surface area contributed by atoms with Crippen molar-refractivity contribution in [3.05, 3.63) is 0 Å². The first-order valence-electron chi connectivity index (χ1n) is 5.19. The fourth-order valence-electron chi connectivity index (χ4n) is 2.93. The molecule has 3 atom stereocenters. The molecule has 4 nitrogen and oxygen atoms in total. The Balaban J connectivity index is 2.14. The van der Waals surface area contributed by atoms with Crippen LogP contribution < -0.4 is 0 Å². The molecule has 14 heavy (non-hydrogen) atoms. The van der Waals surface area contributed by atoms with E-state index in [1.165, 1.54) is 0 Å². The van der Waals surface area contributed by atoms with Crippen LogP contribution in [0, 0.1) is 11.8 Å². The smallest absolute Gasteiger partial charge is 0.268 e. The maximum Gasteiger partial charge on any atom is 0.268 e. The summed E-state index contributed by atoms with van der Waals surface area (Å²) in [6, 6.07) is 0. The lowest BCUT2D eigenvalue weighted by atomic mass is 9.99. The molecule has 1 aliphatic carbocycles. The van der Waals surface area contributed by atoms with Gasteiger partial charge in [0.05, 0.1) is 5.25 Å². The molecule has 2 aliphatic rings. The summed E-state index contributed by atoms with van der Waals surface area (Å²) in [6.45, 7) is 4.90. The first kappa shape index (κ1) is 10.4. The van der Waals surface area contributed by atoms with E-state index in [9.17, 15) is 8.42 Å². The van der Waals surface area contributed by atoms with E-state index in [1.807, 2.05) is 0 Å². The molecular formula is C9H17NO3S. The summed E-state index contributed by atoms with van der Waals surface area (Å²) in [4.78, 5) is 2.28. The normalized spacial score (nSPS) is 38.9. The lowest BCUT2D eigenvalue weighted by Gasteiger charge is -2.31. The standard InChI is InChI=1S/C9H17NO3S/c1-2-10-5-7-3-8(6-10)9(4-7)14(11,12)13/h7-9H,2-6H2,1H3,(H,11,12,13). The number of likely N-dealkylation sites (tertiary alicyclic amines) is 1. The van der Waals surface area contributed by atoms with E-state index in [4.69, 9.17) is 4.55 Å². The maximum atomic E-state index is 11.1. The highest BCUT2D eigenvalue weighted by atomic mass is 32.2. The Bertz CT molecular complexity index is 314. The van der Waals surface area contributed by atoms with Gasteiger partial charge in [-0.1, -0.05) is 6.92 Å². The van der Waals surface area contributed by atoms with Crippen LogP contribution in [0.3, 0.4) is 0 Å². The molecule has 0 aromatic heterocycles. The van der Waals surface area contributed by atoms with E-state index in [-0.39, 0.29) is 5.92 Å². The van der Waals surface area contributed by atoms with Gasteiger partial charge in [-0.2, -0.15) is 8.42 Å². The average Bonchev–Trinajstić information content (AvgIpc) is 2.40. The highest BCUT2D eigenvalue weighted by Crippen LogP contribution is 2.39. The Kier molecular flexibility index (Phi) is 2.57. The monoisotopic (exact) mass is 219 g/mol. The lowest BCUT2D eigenvalue weighted by Crippen LogP contribution is -2.38. The maximum absolute atomic E-state index is 11.1. The number of nitrogens with zero attached hydrogens (tertiary/aromatic N) is 1. The zero-order valence-corrected chi connectivity index (χ0v) is 9.20. The van der Waals surface area contributed by atoms with Crippen molar-refractivity contribution >= 4 is 10.1 Å². The van der Waals surface area contributed by atoms with Gasteiger partial charge < -0.3 is 4.90 Å². The van der Waals surface area contributed by atoms with Crippen molar-refractivity contribution < 1.29 is 13.0 Å². The van der Waals surface area contributed by atoms with E-state index < -0.39 is 15.4 Å². The number of piperidine rings is 1. The molecule has 0 amide bonds. The Hall–Kier alpha value is -0.130. The fourth-order valence-corrected chi connectivity index (χ4v) is 4.13. The Morgan fingerprint density at radius 1 is 1.36 bits per heavy atom. The van der Waals surface area contributed by atoms with E-state index in [2.05, 4.69) is 11.8 Å². The molecule has 1 aliphatic heterocycles. The predicted octanol–water partition coefficient (Wildman–Crippen LogP) is 0.605. The zero-order chi connectivity index (χ0) is 10.3. The third-order valence-corrected chi connectivity index (χ3v) is 4.91. The van der Waals surface area contributed by atoms with E-state index in [1.54, 1.807) is 0 Å². The van der Waals surface area contributed by atoms with Crippen LogP contribution in [0.2, 0.25) is 0 Å². The summed E-state index contributed by atoms with van der Waals surface area (Å²) >= 11 is 0. The lowest BCUT2D eigenvalue weighted by molar-refractivity contribution is 0.176. The third-order valence-electron chi connectivity index (χ3n) is 3.57. The molecule has 0 aromatic rings. The molecule has 1 saturated heterocycles. The third kappa shape index (κ3) is 1.81. The molecule has 5 heteroatoms. The molecule has 0 spiro atoms. The van der Waals surface area contributed by atoms with Gasteiger partial charge in [-0.05, 0) is 31.2 Å². The number of hydrogen-bond donors (Lipinski definition) is 1. The Labute approximate surface area is 85.0 Å². The Morgan fingerprint density at radius 2 is 2.07 bits per heavy atom. The Morgan fingerprint density at radius 3 is 2.64 bits per heavy atom. The van der Waals surface area contributed by atoms with Crippen molar-refractivity contribution in [1.29, 1.82) is 0 Å². The van der Waals surface area contributed by atoms with Gasteiger partial charge in [-0.15, -0.1) is 0 Å². The molecule has 1 heterocycles. The van der Waals surface area contributed by atoms with Crippen LogP contribution >= 0.6 is 0 Å². The van der Waals surface area contributed by atoms with Crippen molar-refractivity contribution in [2.45, 2.75) is 25.0 Å². The summed E-state index contributed by atoms with van der Waals surface area (Å²) in [7, 11) is -3.82. The summed E-state index contributed by atoms with van der Waals surface area (Å²) < 4.78 is 31.3. The molecule has 1 N–H and O–H groups in total. The van der Waals surface area contributed by atoms with Crippen molar-refractivity contribution in [3.63, 3.8) is 0 Å². The molecule has 2 rings (SSSR count). The minimum absolute atomic E-state index is 0.156. The van der Waals surface area contributed by atoms with E-state index in [0.29, 0.717) is 12.3 Å². The minimum Gasteiger partial charge on any atom is -0.303 e. The topological polar surface area (TPSA) is 57.6 Å². The number of rotatable bonds is 2. The molecule has 2 bridgehead atoms. The molecule has 82 valence electrons. The zero-order valence-electron chi connectivity index (χ0n) is 8.39. The summed E-state index contributed by atoms with van der Waals surface area (Å²) in [5, 5.41) is -0.496. The summed E-state index contributed by atoms with van der Waals surface area (Å²) in [5.41, 5.74) is 0. The van der Waals surface area contributed by atoms with Gasteiger partial charge in [0.25, 0.3) is 10.1 Å². The molecular weight excluding hydrogens is 202 g/mol. The first-order valence-corrected chi connectivity index (χ1v) is 6.69. The SMILES string of the molecule is CCN1CC2CC(C1)C(S(=O)(=O)O)C2. The van der Waals surface area contributed by atoms with Gasteiger partial charge in [-0.25, -0.2) is 0 Å². The van der Waals surface area contributed by atoms with Gasteiger partial charge in [0.1, 0.15) is 0 Å². The highest BCUT2D eigenvalue weighted by molar-refractivity contribution is 7.86. The summed E-state index contributed by atoms with van der Waals surface area (Å²) in [5.74, 6) is 0.629. The van der Waals surface area contributed by atoms with Gasteiger partial charge in [0.2, 0.25) is 0 Å². The first-order chi connectivity index (χ1) is 6.50. The minimum atomic E-state index is -3.82. The van der Waals surface area contributed by atoms with Gasteiger partial charge in [0.15, 0.2) is 0 Å². The average molecular weight is 219 g/mol. The van der Waals surface area contributed by atoms with Crippen LogP contribution in [0.4, 0.5) is 0 Å². The van der Waals surface area contributed by atoms with Gasteiger partial charge >= 0.3 is 0 Å². The van der Waals surface area contributed by atoms with Crippen molar-refractivity contribution in [2.24, 2.45) is 11.8 Å². The molecule has 2 fully saturated rings. The highest BCUT2D eigenvalue weighted by Gasteiger charge is 2.45. The molecule has 3 unspecified atom stereocenters. The summed E-state index contributed by atoms with van der Waals surface area (Å²) in [6.07, 6.45) is 1.63. The molecule has 1 saturated carbocycles.